The van der Waals surface area contributed by atoms with Gasteiger partial charge in [0, 0.05) is 6.04 Å². The topological polar surface area (TPSA) is 59.0 Å². The maximum atomic E-state index is 8.70. The number of hydrogen-bond acceptors (Lipinski definition) is 3. The number of nitrogens with two attached hydrogens (primary N) is 1. The molecule has 15 heavy (non-hydrogen) atoms. The molecule has 0 bridgehead atoms. The molecule has 1 aliphatic rings. The summed E-state index contributed by atoms with van der Waals surface area (Å²) in [6.45, 7) is 0. The van der Waals surface area contributed by atoms with Crippen molar-refractivity contribution in [2.24, 2.45) is 5.73 Å². The fraction of sp³-hybridized carbons (Fsp3) is 0.364. The molecule has 4 heteroatoms. The summed E-state index contributed by atoms with van der Waals surface area (Å²) in [4.78, 5) is 0. The lowest BCUT2D eigenvalue weighted by Gasteiger charge is -2.32. The quantitative estimate of drug-likeness (QED) is 0.893. The van der Waals surface area contributed by atoms with E-state index in [2.05, 4.69) is 22.0 Å². The number of ether oxygens (including phenoxy) is 1. The van der Waals surface area contributed by atoms with E-state index in [1.54, 1.807) is 12.1 Å². The summed E-state index contributed by atoms with van der Waals surface area (Å²) in [5.41, 5.74) is 6.30. The first-order valence-electron chi connectivity index (χ1n) is 4.81. The van der Waals surface area contributed by atoms with Crippen LogP contribution in [0, 0.1) is 11.3 Å². The molecule has 0 aliphatic heterocycles. The summed E-state index contributed by atoms with van der Waals surface area (Å²) in [7, 11) is 0. The lowest BCUT2D eigenvalue weighted by molar-refractivity contribution is 0.100. The largest absolute Gasteiger partial charge is 0.489 e. The van der Waals surface area contributed by atoms with Gasteiger partial charge in [0.1, 0.15) is 11.9 Å². The molecule has 1 saturated carbocycles. The summed E-state index contributed by atoms with van der Waals surface area (Å²) in [5, 5.41) is 8.70. The molecule has 3 nitrogen and oxygen atoms in total. The van der Waals surface area contributed by atoms with Crippen LogP contribution >= 0.6 is 15.9 Å². The molecular weight excluding hydrogens is 256 g/mol. The summed E-state index contributed by atoms with van der Waals surface area (Å²) in [5.74, 6) is 0.783. The van der Waals surface area contributed by atoms with E-state index in [-0.39, 0.29) is 12.1 Å². The van der Waals surface area contributed by atoms with E-state index in [4.69, 9.17) is 15.7 Å². The van der Waals surface area contributed by atoms with Gasteiger partial charge >= 0.3 is 0 Å². The zero-order valence-corrected chi connectivity index (χ0v) is 9.70. The molecule has 2 rings (SSSR count). The molecule has 1 aromatic carbocycles. The van der Waals surface area contributed by atoms with Crippen molar-refractivity contribution in [3.8, 4) is 11.8 Å². The van der Waals surface area contributed by atoms with Crippen LogP contribution in [-0.4, -0.2) is 12.1 Å². The van der Waals surface area contributed by atoms with Crippen molar-refractivity contribution in [1.82, 2.24) is 0 Å². The van der Waals surface area contributed by atoms with E-state index in [1.165, 1.54) is 0 Å². The fourth-order valence-electron chi connectivity index (χ4n) is 1.55. The molecule has 0 spiro atoms. The van der Waals surface area contributed by atoms with Gasteiger partial charge in [0.15, 0.2) is 0 Å². The Labute approximate surface area is 97.0 Å². The molecule has 0 amide bonds. The van der Waals surface area contributed by atoms with Crippen molar-refractivity contribution in [3.05, 3.63) is 28.2 Å². The first kappa shape index (κ1) is 10.5. The maximum Gasteiger partial charge on any atom is 0.133 e. The van der Waals surface area contributed by atoms with E-state index in [0.29, 0.717) is 5.56 Å². The minimum atomic E-state index is 0.226. The van der Waals surface area contributed by atoms with Gasteiger partial charge in [-0.1, -0.05) is 0 Å². The van der Waals surface area contributed by atoms with Crippen LogP contribution in [0.15, 0.2) is 22.7 Å². The Hall–Kier alpha value is -1.05. The summed E-state index contributed by atoms with van der Waals surface area (Å²) < 4.78 is 6.54. The van der Waals surface area contributed by atoms with Gasteiger partial charge in [0.2, 0.25) is 0 Å². The van der Waals surface area contributed by atoms with Crippen molar-refractivity contribution in [2.45, 2.75) is 25.0 Å². The summed E-state index contributed by atoms with van der Waals surface area (Å²) in [6, 6.07) is 7.68. The Morgan fingerprint density at radius 2 is 2.20 bits per heavy atom. The lowest BCUT2D eigenvalue weighted by atomic mass is 9.90. The second-order valence-electron chi connectivity index (χ2n) is 3.73. The van der Waals surface area contributed by atoms with Crippen molar-refractivity contribution < 1.29 is 4.74 Å². The smallest absolute Gasteiger partial charge is 0.133 e. The third-order valence-corrected chi connectivity index (χ3v) is 3.11. The Bertz CT molecular complexity index is 408. The van der Waals surface area contributed by atoms with Gasteiger partial charge in [-0.15, -0.1) is 0 Å². The Balaban J connectivity index is 2.06. The van der Waals surface area contributed by atoms with Gasteiger partial charge in [0.25, 0.3) is 0 Å². The zero-order valence-electron chi connectivity index (χ0n) is 8.11. The van der Waals surface area contributed by atoms with Crippen LogP contribution in [0.5, 0.6) is 5.75 Å². The fourth-order valence-corrected chi connectivity index (χ4v) is 2.02. The second-order valence-corrected chi connectivity index (χ2v) is 4.58. The van der Waals surface area contributed by atoms with Crippen LogP contribution in [0.1, 0.15) is 18.4 Å². The van der Waals surface area contributed by atoms with Gasteiger partial charge < -0.3 is 10.5 Å². The average Bonchev–Trinajstić information content (AvgIpc) is 2.18. The van der Waals surface area contributed by atoms with Gasteiger partial charge in [-0.05, 0) is 47.0 Å². The lowest BCUT2D eigenvalue weighted by Crippen LogP contribution is -2.43. The predicted molar refractivity (Wildman–Crippen MR) is 60.5 cm³/mol. The van der Waals surface area contributed by atoms with Crippen molar-refractivity contribution >= 4 is 15.9 Å². The molecule has 1 aliphatic carbocycles. The molecular formula is C11H11BrN2O. The normalized spacial score (nSPS) is 24.1. The number of halogens is 1. The number of hydrogen-bond donors (Lipinski definition) is 1. The van der Waals surface area contributed by atoms with E-state index in [0.717, 1.165) is 23.1 Å². The standard InChI is InChI=1S/C11H11BrN2O/c12-10-3-7(6-13)1-2-11(10)15-9-4-8(14)5-9/h1-3,8-9H,4-5,14H2. The van der Waals surface area contributed by atoms with Crippen LogP contribution in [-0.2, 0) is 0 Å². The predicted octanol–water partition coefficient (Wildman–Crippen LogP) is 2.19. The third-order valence-electron chi connectivity index (χ3n) is 2.49. The first-order chi connectivity index (χ1) is 7.19. The molecule has 0 radical (unpaired) electrons. The highest BCUT2D eigenvalue weighted by Crippen LogP contribution is 2.30. The Morgan fingerprint density at radius 1 is 1.47 bits per heavy atom. The highest BCUT2D eigenvalue weighted by atomic mass is 79.9. The number of rotatable bonds is 2. The highest BCUT2D eigenvalue weighted by molar-refractivity contribution is 9.10. The van der Waals surface area contributed by atoms with E-state index in [9.17, 15) is 0 Å². The summed E-state index contributed by atoms with van der Waals surface area (Å²) in [6.07, 6.45) is 2.04. The number of nitriles is 1. The molecule has 0 unspecified atom stereocenters. The van der Waals surface area contributed by atoms with Crippen LogP contribution in [0.3, 0.4) is 0 Å². The molecule has 0 heterocycles. The second kappa shape index (κ2) is 4.21. The van der Waals surface area contributed by atoms with Crippen LogP contribution in [0.25, 0.3) is 0 Å². The van der Waals surface area contributed by atoms with Gasteiger partial charge in [0.05, 0.1) is 16.1 Å². The third kappa shape index (κ3) is 2.31. The van der Waals surface area contributed by atoms with E-state index in [1.807, 2.05) is 6.07 Å². The van der Waals surface area contributed by atoms with Crippen molar-refractivity contribution in [1.29, 1.82) is 5.26 Å². The maximum absolute atomic E-state index is 8.70. The molecule has 2 N–H and O–H groups in total. The number of benzene rings is 1. The van der Waals surface area contributed by atoms with Gasteiger partial charge in [-0.25, -0.2) is 0 Å². The zero-order chi connectivity index (χ0) is 10.8. The van der Waals surface area contributed by atoms with Crippen LogP contribution < -0.4 is 10.5 Å². The number of nitrogens with zero attached hydrogens (tertiary/aromatic N) is 1. The van der Waals surface area contributed by atoms with E-state index >= 15 is 0 Å². The molecule has 1 fully saturated rings. The van der Waals surface area contributed by atoms with Crippen LogP contribution in [0.2, 0.25) is 0 Å². The Morgan fingerprint density at radius 3 is 2.73 bits per heavy atom. The van der Waals surface area contributed by atoms with E-state index < -0.39 is 0 Å². The molecule has 0 saturated heterocycles. The van der Waals surface area contributed by atoms with Gasteiger partial charge in [-0.2, -0.15) is 5.26 Å². The monoisotopic (exact) mass is 266 g/mol. The Kier molecular flexibility index (Phi) is 2.94. The average molecular weight is 267 g/mol. The first-order valence-corrected chi connectivity index (χ1v) is 5.60. The minimum Gasteiger partial charge on any atom is -0.489 e. The SMILES string of the molecule is N#Cc1ccc(OC2CC(N)C2)c(Br)c1. The molecule has 0 atom stereocenters. The van der Waals surface area contributed by atoms with Crippen molar-refractivity contribution in [3.63, 3.8) is 0 Å². The minimum absolute atomic E-state index is 0.226. The van der Waals surface area contributed by atoms with Crippen molar-refractivity contribution in [2.75, 3.05) is 0 Å². The molecule has 0 aromatic heterocycles. The van der Waals surface area contributed by atoms with Crippen LogP contribution in [0.4, 0.5) is 0 Å². The molecule has 1 aromatic rings. The molecule has 78 valence electrons. The summed E-state index contributed by atoms with van der Waals surface area (Å²) >= 11 is 3.38. The highest BCUT2D eigenvalue weighted by Gasteiger charge is 2.28. The van der Waals surface area contributed by atoms with Gasteiger partial charge in [-0.3, -0.25) is 0 Å².